The number of thiol groups is 1. The molecule has 1 unspecified atom stereocenters. The minimum Gasteiger partial charge on any atom is -0.493 e. The van der Waals surface area contributed by atoms with E-state index < -0.39 is 0 Å². The van der Waals surface area contributed by atoms with Crippen LogP contribution in [0.5, 0.6) is 5.75 Å². The topological polar surface area (TPSA) is 9.23 Å². The summed E-state index contributed by atoms with van der Waals surface area (Å²) in [5, 5.41) is 0. The predicted molar refractivity (Wildman–Crippen MR) is 92.2 cm³/mol. The maximum Gasteiger partial charge on any atom is 0.123 e. The minimum absolute atomic E-state index is 0.104. The lowest BCUT2D eigenvalue weighted by Gasteiger charge is -2.24. The van der Waals surface area contributed by atoms with E-state index in [0.717, 1.165) is 24.5 Å². The van der Waals surface area contributed by atoms with Gasteiger partial charge in [0.2, 0.25) is 0 Å². The lowest BCUT2D eigenvalue weighted by atomic mass is 9.84. The van der Waals surface area contributed by atoms with Gasteiger partial charge in [0.05, 0.1) is 6.61 Å². The van der Waals surface area contributed by atoms with Gasteiger partial charge in [0.1, 0.15) is 5.75 Å². The second-order valence-corrected chi connectivity index (χ2v) is 7.64. The van der Waals surface area contributed by atoms with Gasteiger partial charge in [-0.1, -0.05) is 53.7 Å². The van der Waals surface area contributed by atoms with Gasteiger partial charge in [0, 0.05) is 0 Å². The fourth-order valence-corrected chi connectivity index (χ4v) is 2.27. The number of hydrogen-bond acceptors (Lipinski definition) is 2. The van der Waals surface area contributed by atoms with E-state index >= 15 is 0 Å². The first-order valence-electron chi connectivity index (χ1n) is 7.61. The van der Waals surface area contributed by atoms with E-state index in [1.165, 1.54) is 11.1 Å². The molecule has 0 aliphatic heterocycles. The molecule has 0 bridgehead atoms. The van der Waals surface area contributed by atoms with Gasteiger partial charge < -0.3 is 4.74 Å². The Kier molecular flexibility index (Phi) is 6.44. The van der Waals surface area contributed by atoms with E-state index in [1.54, 1.807) is 0 Å². The van der Waals surface area contributed by atoms with Crippen molar-refractivity contribution >= 4 is 12.6 Å². The lowest BCUT2D eigenvalue weighted by Crippen LogP contribution is -2.16. The van der Waals surface area contributed by atoms with E-state index in [0.29, 0.717) is 11.8 Å². The van der Waals surface area contributed by atoms with Crippen LogP contribution in [0.3, 0.4) is 0 Å². The average molecular weight is 295 g/mol. The Labute approximate surface area is 130 Å². The van der Waals surface area contributed by atoms with Crippen molar-refractivity contribution in [3.63, 3.8) is 0 Å². The lowest BCUT2D eigenvalue weighted by molar-refractivity contribution is 0.265. The summed E-state index contributed by atoms with van der Waals surface area (Å²) in [5.41, 5.74) is 2.79. The third kappa shape index (κ3) is 5.40. The van der Waals surface area contributed by atoms with Crippen LogP contribution in [0.2, 0.25) is 0 Å². The monoisotopic (exact) mass is 294 g/mol. The van der Waals surface area contributed by atoms with Crippen LogP contribution in [0.4, 0.5) is 0 Å². The van der Waals surface area contributed by atoms with Crippen LogP contribution in [-0.2, 0) is 11.8 Å². The Morgan fingerprint density at radius 3 is 2.30 bits per heavy atom. The van der Waals surface area contributed by atoms with Gasteiger partial charge in [-0.3, -0.25) is 0 Å². The molecule has 0 aromatic heterocycles. The zero-order valence-corrected chi connectivity index (χ0v) is 14.8. The van der Waals surface area contributed by atoms with Crippen LogP contribution in [0.25, 0.3) is 0 Å². The van der Waals surface area contributed by atoms with Gasteiger partial charge in [-0.15, -0.1) is 0 Å². The first-order valence-corrected chi connectivity index (χ1v) is 8.24. The highest BCUT2D eigenvalue weighted by Crippen LogP contribution is 2.33. The standard InChI is InChI=1S/C18H30OS/c1-13(2)11-19-17-8-7-15(9-14(3)12-20)10-16(17)18(4,5)6/h7-8,10,13-14,20H,9,11-12H2,1-6H3. The van der Waals surface area contributed by atoms with Crippen molar-refractivity contribution in [2.45, 2.75) is 53.4 Å². The molecular formula is C18H30OS. The van der Waals surface area contributed by atoms with Crippen LogP contribution >= 0.6 is 12.6 Å². The number of benzene rings is 1. The molecule has 1 rings (SSSR count). The molecule has 0 amide bonds. The normalized spacial score (nSPS) is 13.6. The van der Waals surface area contributed by atoms with Crippen molar-refractivity contribution in [1.29, 1.82) is 0 Å². The third-order valence-corrected chi connectivity index (χ3v) is 3.94. The largest absolute Gasteiger partial charge is 0.493 e. The highest BCUT2D eigenvalue weighted by atomic mass is 32.1. The summed E-state index contributed by atoms with van der Waals surface area (Å²) in [5.74, 6) is 3.12. The molecule has 0 N–H and O–H groups in total. The second-order valence-electron chi connectivity index (χ2n) is 7.28. The Morgan fingerprint density at radius 2 is 1.80 bits per heavy atom. The predicted octanol–water partition coefficient (Wildman–Crippen LogP) is 5.13. The fraction of sp³-hybridized carbons (Fsp3) is 0.667. The van der Waals surface area contributed by atoms with Crippen molar-refractivity contribution in [1.82, 2.24) is 0 Å². The number of rotatable bonds is 6. The summed E-state index contributed by atoms with van der Waals surface area (Å²) in [4.78, 5) is 0. The van der Waals surface area contributed by atoms with Gasteiger partial charge in [-0.05, 0) is 46.6 Å². The molecule has 1 aromatic carbocycles. The third-order valence-electron chi connectivity index (χ3n) is 3.32. The van der Waals surface area contributed by atoms with Crippen molar-refractivity contribution in [3.05, 3.63) is 29.3 Å². The maximum absolute atomic E-state index is 6.00. The smallest absolute Gasteiger partial charge is 0.123 e. The molecule has 1 nitrogen and oxygen atoms in total. The summed E-state index contributed by atoms with van der Waals surface area (Å²) in [6, 6.07) is 6.66. The number of ether oxygens (including phenoxy) is 1. The molecule has 20 heavy (non-hydrogen) atoms. The molecule has 1 aromatic rings. The van der Waals surface area contributed by atoms with E-state index in [2.05, 4.69) is 72.4 Å². The van der Waals surface area contributed by atoms with Gasteiger partial charge in [0.15, 0.2) is 0 Å². The SMILES string of the molecule is CC(C)COc1ccc(CC(C)CS)cc1C(C)(C)C. The maximum atomic E-state index is 6.00. The quantitative estimate of drug-likeness (QED) is 0.716. The summed E-state index contributed by atoms with van der Waals surface area (Å²) < 4.78 is 6.00. The van der Waals surface area contributed by atoms with Crippen molar-refractivity contribution in [3.8, 4) is 5.75 Å². The van der Waals surface area contributed by atoms with E-state index in [9.17, 15) is 0 Å². The minimum atomic E-state index is 0.104. The summed E-state index contributed by atoms with van der Waals surface area (Å²) in [7, 11) is 0. The van der Waals surface area contributed by atoms with Crippen molar-refractivity contribution in [2.75, 3.05) is 12.4 Å². The highest BCUT2D eigenvalue weighted by molar-refractivity contribution is 7.80. The van der Waals surface area contributed by atoms with Crippen LogP contribution in [0.1, 0.15) is 52.7 Å². The second kappa shape index (κ2) is 7.40. The van der Waals surface area contributed by atoms with Crippen LogP contribution in [-0.4, -0.2) is 12.4 Å². The molecule has 2 heteroatoms. The van der Waals surface area contributed by atoms with Crippen molar-refractivity contribution in [2.24, 2.45) is 11.8 Å². The molecule has 1 atom stereocenters. The van der Waals surface area contributed by atoms with Crippen LogP contribution in [0, 0.1) is 11.8 Å². The first kappa shape index (κ1) is 17.4. The zero-order valence-electron chi connectivity index (χ0n) is 13.9. The molecule has 0 heterocycles. The van der Waals surface area contributed by atoms with Gasteiger partial charge in [-0.2, -0.15) is 12.6 Å². The summed E-state index contributed by atoms with van der Waals surface area (Å²) >= 11 is 4.38. The van der Waals surface area contributed by atoms with Crippen LogP contribution < -0.4 is 4.74 Å². The van der Waals surface area contributed by atoms with Crippen LogP contribution in [0.15, 0.2) is 18.2 Å². The average Bonchev–Trinajstić information content (AvgIpc) is 2.35. The molecule has 0 aliphatic rings. The Balaban J connectivity index is 3.01. The Bertz CT molecular complexity index is 418. The molecule has 114 valence electrons. The molecule has 0 saturated heterocycles. The molecule has 0 radical (unpaired) electrons. The molecule has 0 spiro atoms. The van der Waals surface area contributed by atoms with Gasteiger partial charge in [-0.25, -0.2) is 0 Å². The fourth-order valence-electron chi connectivity index (χ4n) is 2.14. The molecular weight excluding hydrogens is 264 g/mol. The van der Waals surface area contributed by atoms with Gasteiger partial charge >= 0.3 is 0 Å². The molecule has 0 fully saturated rings. The highest BCUT2D eigenvalue weighted by Gasteiger charge is 2.20. The van der Waals surface area contributed by atoms with E-state index in [-0.39, 0.29) is 5.41 Å². The summed E-state index contributed by atoms with van der Waals surface area (Å²) in [6.07, 6.45) is 1.08. The first-order chi connectivity index (χ1) is 9.24. The summed E-state index contributed by atoms with van der Waals surface area (Å²) in [6.45, 7) is 14.1. The Morgan fingerprint density at radius 1 is 1.15 bits per heavy atom. The Hall–Kier alpha value is -0.630. The van der Waals surface area contributed by atoms with E-state index in [1.807, 2.05) is 0 Å². The van der Waals surface area contributed by atoms with Crippen molar-refractivity contribution < 1.29 is 4.74 Å². The number of hydrogen-bond donors (Lipinski definition) is 1. The van der Waals surface area contributed by atoms with E-state index in [4.69, 9.17) is 4.74 Å². The molecule has 0 aliphatic carbocycles. The zero-order chi connectivity index (χ0) is 15.3. The van der Waals surface area contributed by atoms with Gasteiger partial charge in [0.25, 0.3) is 0 Å². The molecule has 0 saturated carbocycles.